The molecule has 2 aromatic rings. The molecule has 0 radical (unpaired) electrons. The van der Waals surface area contributed by atoms with Crippen molar-refractivity contribution < 1.29 is 9.59 Å². The molecule has 0 spiro atoms. The first-order valence-corrected chi connectivity index (χ1v) is 13.5. The van der Waals surface area contributed by atoms with Crippen molar-refractivity contribution in [2.45, 2.75) is 71.4 Å². The summed E-state index contributed by atoms with van der Waals surface area (Å²) >= 11 is 0. The first-order chi connectivity index (χ1) is 16.8. The fourth-order valence-corrected chi connectivity index (χ4v) is 8.75. The van der Waals surface area contributed by atoms with E-state index in [1.165, 1.54) is 25.7 Å². The number of carbonyl (C=O) groups excluding carboxylic acids is 2. The highest BCUT2D eigenvalue weighted by molar-refractivity contribution is 5.89. The summed E-state index contributed by atoms with van der Waals surface area (Å²) in [5, 5.41) is 3.13. The minimum Gasteiger partial charge on any atom is -0.349 e. The van der Waals surface area contributed by atoms with E-state index in [2.05, 4.69) is 35.2 Å². The van der Waals surface area contributed by atoms with Crippen LogP contribution in [0.3, 0.4) is 0 Å². The Bertz CT molecular complexity index is 1150. The van der Waals surface area contributed by atoms with Crippen LogP contribution in [-0.2, 0) is 16.1 Å². The Morgan fingerprint density at radius 3 is 2.80 bits per heavy atom. The van der Waals surface area contributed by atoms with Crippen molar-refractivity contribution in [2.75, 3.05) is 7.05 Å². The average Bonchev–Trinajstić information content (AvgIpc) is 3.41. The van der Waals surface area contributed by atoms with Gasteiger partial charge in [-0.05, 0) is 85.8 Å². The van der Waals surface area contributed by atoms with Gasteiger partial charge in [-0.1, -0.05) is 32.1 Å². The van der Waals surface area contributed by atoms with Gasteiger partial charge in [-0.2, -0.15) is 0 Å². The highest BCUT2D eigenvalue weighted by Gasteiger charge is 2.60. The number of aromatic nitrogens is 2. The monoisotopic (exact) mass is 474 g/mol. The predicted molar refractivity (Wildman–Crippen MR) is 136 cm³/mol. The van der Waals surface area contributed by atoms with Gasteiger partial charge in [-0.15, -0.1) is 0 Å². The first-order valence-electron chi connectivity index (χ1n) is 13.5. The van der Waals surface area contributed by atoms with Crippen LogP contribution >= 0.6 is 0 Å². The summed E-state index contributed by atoms with van der Waals surface area (Å²) in [7, 11) is 1.98. The normalized spacial score (nSPS) is 38.2. The van der Waals surface area contributed by atoms with Crippen molar-refractivity contribution >= 4 is 22.8 Å². The number of hydrogen-bond donors (Lipinski definition) is 2. The standard InChI is InChI=1S/C29H38N4O2/c1-28-14-12-21-19(9-11-24-29(21,2)15-13-27(35)33(24)3)20(28)10-8-18(28)16-26(34)30-17-25-31-22-6-4-5-7-23(22)32-25/h4-7,13,15,18-21,24H,8-12,14,16-17H2,1-3H3,(H,30,34)(H,31,32)/t18-,19?,20?,21?,24?,28-,29-/m1/s1. The van der Waals surface area contributed by atoms with Crippen LogP contribution < -0.4 is 5.32 Å². The number of carbonyl (C=O) groups is 2. The lowest BCUT2D eigenvalue weighted by atomic mass is 9.47. The highest BCUT2D eigenvalue weighted by atomic mass is 16.2. The zero-order valence-electron chi connectivity index (χ0n) is 21.2. The van der Waals surface area contributed by atoms with Gasteiger partial charge in [-0.25, -0.2) is 4.98 Å². The summed E-state index contributed by atoms with van der Waals surface area (Å²) in [5.41, 5.74) is 2.26. The van der Waals surface area contributed by atoms with Gasteiger partial charge in [0.05, 0.1) is 17.6 Å². The Hall–Kier alpha value is -2.63. The van der Waals surface area contributed by atoms with Gasteiger partial charge in [0.1, 0.15) is 5.82 Å². The van der Waals surface area contributed by atoms with Gasteiger partial charge in [0, 0.05) is 24.9 Å². The molecule has 6 rings (SSSR count). The van der Waals surface area contributed by atoms with E-state index >= 15 is 0 Å². The topological polar surface area (TPSA) is 78.1 Å². The lowest BCUT2D eigenvalue weighted by Crippen LogP contribution is -2.59. The summed E-state index contributed by atoms with van der Waals surface area (Å²) in [6.45, 7) is 5.32. The molecule has 1 aliphatic heterocycles. The Morgan fingerprint density at radius 1 is 1.14 bits per heavy atom. The number of nitrogens with zero attached hydrogens (tertiary/aromatic N) is 2. The minimum absolute atomic E-state index is 0.0783. The number of imidazole rings is 1. The molecule has 7 atom stereocenters. The molecule has 2 N–H and O–H groups in total. The number of amides is 2. The van der Waals surface area contributed by atoms with Gasteiger partial charge >= 0.3 is 0 Å². The van der Waals surface area contributed by atoms with Crippen molar-refractivity contribution in [3.63, 3.8) is 0 Å². The molecule has 4 aliphatic rings. The molecule has 186 valence electrons. The summed E-state index contributed by atoms with van der Waals surface area (Å²) in [4.78, 5) is 35.2. The number of aromatic amines is 1. The van der Waals surface area contributed by atoms with Crippen LogP contribution in [0.15, 0.2) is 36.4 Å². The highest BCUT2D eigenvalue weighted by Crippen LogP contribution is 2.65. The van der Waals surface area contributed by atoms with E-state index in [9.17, 15) is 9.59 Å². The first kappa shape index (κ1) is 22.8. The molecule has 2 heterocycles. The average molecular weight is 475 g/mol. The Morgan fingerprint density at radius 2 is 1.97 bits per heavy atom. The van der Waals surface area contributed by atoms with Crippen molar-refractivity contribution in [3.05, 3.63) is 42.2 Å². The Labute approximate surface area is 207 Å². The SMILES string of the molecule is CN1C(=O)C=C[C@]2(C)C3CC[C@@]4(C)C(CC[C@@H]4CC(=O)NCc4nc5ccccc5[nH]4)C3CCC12. The summed E-state index contributed by atoms with van der Waals surface area (Å²) < 4.78 is 0. The van der Waals surface area contributed by atoms with E-state index < -0.39 is 0 Å². The molecule has 4 unspecified atom stereocenters. The number of nitrogens with one attached hydrogen (secondary N) is 2. The summed E-state index contributed by atoms with van der Waals surface area (Å²) in [5.74, 6) is 3.57. The lowest BCUT2D eigenvalue weighted by molar-refractivity contribution is -0.139. The Balaban J connectivity index is 1.12. The lowest BCUT2D eigenvalue weighted by Gasteiger charge is -2.60. The van der Waals surface area contributed by atoms with Crippen LogP contribution in [0.2, 0.25) is 0 Å². The van der Waals surface area contributed by atoms with Crippen molar-refractivity contribution in [1.82, 2.24) is 20.2 Å². The second kappa shape index (κ2) is 8.21. The molecular formula is C29H38N4O2. The van der Waals surface area contributed by atoms with Crippen molar-refractivity contribution in [3.8, 4) is 0 Å². The smallest absolute Gasteiger partial charge is 0.246 e. The van der Waals surface area contributed by atoms with E-state index in [1.807, 2.05) is 42.3 Å². The van der Waals surface area contributed by atoms with Crippen LogP contribution in [0.25, 0.3) is 11.0 Å². The molecule has 2 amide bonds. The quantitative estimate of drug-likeness (QED) is 0.667. The van der Waals surface area contributed by atoms with Crippen LogP contribution in [0.5, 0.6) is 0 Å². The third-order valence-electron chi connectivity index (χ3n) is 10.6. The molecule has 1 aromatic carbocycles. The number of fused-ring (bicyclic) bond motifs is 6. The molecular weight excluding hydrogens is 436 g/mol. The number of H-pyrrole nitrogens is 1. The van der Waals surface area contributed by atoms with Crippen molar-refractivity contribution in [1.29, 1.82) is 0 Å². The van der Waals surface area contributed by atoms with Crippen LogP contribution in [0.1, 0.15) is 64.6 Å². The van der Waals surface area contributed by atoms with Gasteiger partial charge in [0.2, 0.25) is 11.8 Å². The van der Waals surface area contributed by atoms with Crippen LogP contribution in [-0.4, -0.2) is 39.8 Å². The molecule has 3 aliphatic carbocycles. The number of hydrogen-bond acceptors (Lipinski definition) is 3. The minimum atomic E-state index is 0.0783. The van der Waals surface area contributed by atoms with Gasteiger partial charge in [0.25, 0.3) is 0 Å². The number of benzene rings is 1. The molecule has 1 aromatic heterocycles. The van der Waals surface area contributed by atoms with E-state index in [1.54, 1.807) is 0 Å². The maximum absolute atomic E-state index is 13.0. The maximum Gasteiger partial charge on any atom is 0.246 e. The fraction of sp³-hybridized carbons (Fsp3) is 0.621. The summed E-state index contributed by atoms with van der Waals surface area (Å²) in [6, 6.07) is 8.29. The number of rotatable bonds is 4. The third-order valence-corrected chi connectivity index (χ3v) is 10.6. The van der Waals surface area contributed by atoms with Crippen molar-refractivity contribution in [2.24, 2.45) is 34.5 Å². The maximum atomic E-state index is 13.0. The molecule has 35 heavy (non-hydrogen) atoms. The van der Waals surface area contributed by atoms with E-state index in [4.69, 9.17) is 0 Å². The third kappa shape index (κ3) is 3.54. The van der Waals surface area contributed by atoms with Crippen LogP contribution in [0.4, 0.5) is 0 Å². The fourth-order valence-electron chi connectivity index (χ4n) is 8.75. The van der Waals surface area contributed by atoms with Gasteiger partial charge in [0.15, 0.2) is 0 Å². The summed E-state index contributed by atoms with van der Waals surface area (Å²) in [6.07, 6.45) is 11.8. The van der Waals surface area contributed by atoms with Gasteiger partial charge < -0.3 is 15.2 Å². The van der Waals surface area contributed by atoms with E-state index in [0.717, 1.165) is 29.7 Å². The molecule has 0 saturated heterocycles. The second-order valence-electron chi connectivity index (χ2n) is 12.1. The second-order valence-corrected chi connectivity index (χ2v) is 12.1. The molecule has 3 fully saturated rings. The zero-order chi connectivity index (χ0) is 24.4. The predicted octanol–water partition coefficient (Wildman–Crippen LogP) is 4.82. The van der Waals surface area contributed by atoms with Crippen LogP contribution in [0, 0.1) is 34.5 Å². The Kier molecular flexibility index (Phi) is 5.35. The number of para-hydroxylation sites is 2. The zero-order valence-corrected chi connectivity index (χ0v) is 21.2. The van der Waals surface area contributed by atoms with E-state index in [0.29, 0.717) is 42.7 Å². The molecule has 6 nitrogen and oxygen atoms in total. The largest absolute Gasteiger partial charge is 0.349 e. The number of likely N-dealkylation sites (N-methyl/N-ethyl adjacent to an activating group) is 1. The molecule has 0 bridgehead atoms. The van der Waals surface area contributed by atoms with E-state index in [-0.39, 0.29) is 22.6 Å². The van der Waals surface area contributed by atoms with Gasteiger partial charge in [-0.3, -0.25) is 9.59 Å². The molecule has 6 heteroatoms. The molecule has 3 saturated carbocycles.